The van der Waals surface area contributed by atoms with Crippen molar-refractivity contribution in [2.45, 2.75) is 31.3 Å². The lowest BCUT2D eigenvalue weighted by Gasteiger charge is -2.14. The van der Waals surface area contributed by atoms with E-state index in [0.29, 0.717) is 15.5 Å². The molecular formula is C13H17N3O2S2. The normalized spacial score (nSPS) is 13.3. The summed E-state index contributed by atoms with van der Waals surface area (Å²) in [5, 5.41) is 1.81. The minimum atomic E-state index is -3.60. The highest BCUT2D eigenvalue weighted by atomic mass is 32.2. The molecule has 0 fully saturated rings. The van der Waals surface area contributed by atoms with Crippen molar-refractivity contribution < 1.29 is 8.42 Å². The van der Waals surface area contributed by atoms with Gasteiger partial charge in [0.25, 0.3) is 0 Å². The number of pyridine rings is 1. The standard InChI is InChI=1S/C13H17N3O2S2/c1-9-8-19-12(7-14)13(9)20(17,18)16-10(2)11-5-3-4-6-15-11/h3-6,8,10,16H,7,14H2,1-2H3. The van der Waals surface area contributed by atoms with Crippen molar-refractivity contribution in [3.05, 3.63) is 45.9 Å². The molecule has 20 heavy (non-hydrogen) atoms. The maximum atomic E-state index is 12.5. The van der Waals surface area contributed by atoms with E-state index in [1.807, 2.05) is 11.4 Å². The molecule has 0 aliphatic carbocycles. The molecule has 0 spiro atoms. The molecule has 7 heteroatoms. The third-order valence-corrected chi connectivity index (χ3v) is 5.93. The summed E-state index contributed by atoms with van der Waals surface area (Å²) in [7, 11) is -3.60. The van der Waals surface area contributed by atoms with Gasteiger partial charge in [-0.05, 0) is 36.9 Å². The SMILES string of the molecule is Cc1csc(CN)c1S(=O)(=O)NC(C)c1ccccn1. The van der Waals surface area contributed by atoms with Crippen molar-refractivity contribution in [3.63, 3.8) is 0 Å². The van der Waals surface area contributed by atoms with Crippen LogP contribution in [0.3, 0.4) is 0 Å². The van der Waals surface area contributed by atoms with Crippen molar-refractivity contribution in [2.24, 2.45) is 5.73 Å². The second-order valence-electron chi connectivity index (χ2n) is 4.47. The molecule has 0 radical (unpaired) electrons. The molecule has 5 nitrogen and oxygen atoms in total. The van der Waals surface area contributed by atoms with Crippen LogP contribution in [0.5, 0.6) is 0 Å². The molecule has 0 bridgehead atoms. The van der Waals surface area contributed by atoms with Gasteiger partial charge in [-0.2, -0.15) is 0 Å². The first-order valence-electron chi connectivity index (χ1n) is 6.16. The van der Waals surface area contributed by atoms with E-state index in [2.05, 4.69) is 9.71 Å². The molecule has 0 saturated heterocycles. The van der Waals surface area contributed by atoms with Gasteiger partial charge in [0.05, 0.1) is 11.7 Å². The number of nitrogens with one attached hydrogen (secondary N) is 1. The largest absolute Gasteiger partial charge is 0.326 e. The van der Waals surface area contributed by atoms with Gasteiger partial charge in [-0.15, -0.1) is 11.3 Å². The Balaban J connectivity index is 2.30. The number of aryl methyl sites for hydroxylation is 1. The molecule has 108 valence electrons. The summed E-state index contributed by atoms with van der Waals surface area (Å²) in [6.07, 6.45) is 1.64. The monoisotopic (exact) mass is 311 g/mol. The average molecular weight is 311 g/mol. The molecule has 2 aromatic heterocycles. The smallest absolute Gasteiger partial charge is 0.242 e. The van der Waals surface area contributed by atoms with Gasteiger partial charge in [0.15, 0.2) is 0 Å². The zero-order valence-corrected chi connectivity index (χ0v) is 13.0. The molecule has 0 aliphatic heterocycles. The molecule has 1 unspecified atom stereocenters. The number of hydrogen-bond donors (Lipinski definition) is 2. The zero-order chi connectivity index (χ0) is 14.8. The molecule has 2 aromatic rings. The molecule has 0 amide bonds. The molecule has 0 aliphatic rings. The lowest BCUT2D eigenvalue weighted by molar-refractivity contribution is 0.563. The third kappa shape index (κ3) is 3.06. The fraction of sp³-hybridized carbons (Fsp3) is 0.308. The summed E-state index contributed by atoms with van der Waals surface area (Å²) in [5.41, 5.74) is 7.01. The Labute approximate surface area is 122 Å². The first kappa shape index (κ1) is 15.1. The van der Waals surface area contributed by atoms with E-state index in [4.69, 9.17) is 5.73 Å². The van der Waals surface area contributed by atoms with E-state index < -0.39 is 16.1 Å². The van der Waals surface area contributed by atoms with Gasteiger partial charge < -0.3 is 5.73 Å². The highest BCUT2D eigenvalue weighted by Crippen LogP contribution is 2.27. The topological polar surface area (TPSA) is 85.1 Å². The van der Waals surface area contributed by atoms with Crippen LogP contribution in [0, 0.1) is 6.92 Å². The maximum Gasteiger partial charge on any atom is 0.242 e. The van der Waals surface area contributed by atoms with Crippen LogP contribution in [0.25, 0.3) is 0 Å². The van der Waals surface area contributed by atoms with Crippen LogP contribution in [0.4, 0.5) is 0 Å². The molecule has 0 saturated carbocycles. The minimum absolute atomic E-state index is 0.215. The van der Waals surface area contributed by atoms with Crippen LogP contribution >= 0.6 is 11.3 Å². The van der Waals surface area contributed by atoms with Crippen LogP contribution in [0.15, 0.2) is 34.7 Å². The Morgan fingerprint density at radius 2 is 2.20 bits per heavy atom. The van der Waals surface area contributed by atoms with Crippen molar-refractivity contribution in [2.75, 3.05) is 0 Å². The predicted octanol–water partition coefficient (Wildman–Crippen LogP) is 1.95. The summed E-state index contributed by atoms with van der Waals surface area (Å²) in [6.45, 7) is 3.76. The van der Waals surface area contributed by atoms with Crippen molar-refractivity contribution in [1.82, 2.24) is 9.71 Å². The molecule has 3 N–H and O–H groups in total. The number of sulfonamides is 1. The first-order chi connectivity index (χ1) is 9.45. The Morgan fingerprint density at radius 1 is 1.45 bits per heavy atom. The van der Waals surface area contributed by atoms with Gasteiger partial charge in [-0.3, -0.25) is 4.98 Å². The maximum absolute atomic E-state index is 12.5. The van der Waals surface area contributed by atoms with Crippen molar-refractivity contribution >= 4 is 21.4 Å². The number of hydrogen-bond acceptors (Lipinski definition) is 5. The van der Waals surface area contributed by atoms with E-state index in [9.17, 15) is 8.42 Å². The number of nitrogens with two attached hydrogens (primary N) is 1. The summed E-state index contributed by atoms with van der Waals surface area (Å²) in [6, 6.07) is 5.01. The number of rotatable bonds is 5. The average Bonchev–Trinajstić information content (AvgIpc) is 2.81. The highest BCUT2D eigenvalue weighted by molar-refractivity contribution is 7.89. The van der Waals surface area contributed by atoms with Crippen LogP contribution in [-0.4, -0.2) is 13.4 Å². The van der Waals surface area contributed by atoms with E-state index in [1.165, 1.54) is 11.3 Å². The lowest BCUT2D eigenvalue weighted by atomic mass is 10.2. The number of thiophene rings is 1. The Hall–Kier alpha value is -1.28. The molecule has 2 rings (SSSR count). The van der Waals surface area contributed by atoms with Crippen molar-refractivity contribution in [3.8, 4) is 0 Å². The van der Waals surface area contributed by atoms with Gasteiger partial charge >= 0.3 is 0 Å². The van der Waals surface area contributed by atoms with Crippen LogP contribution in [0.2, 0.25) is 0 Å². The number of aromatic nitrogens is 1. The summed E-state index contributed by atoms with van der Waals surface area (Å²) in [4.78, 5) is 5.13. The summed E-state index contributed by atoms with van der Waals surface area (Å²) in [5.74, 6) is 0. The third-order valence-electron chi connectivity index (χ3n) is 2.91. The van der Waals surface area contributed by atoms with E-state index in [-0.39, 0.29) is 6.54 Å². The second-order valence-corrected chi connectivity index (χ2v) is 7.09. The van der Waals surface area contributed by atoms with Gasteiger partial charge in [0.1, 0.15) is 4.90 Å². The molecular weight excluding hydrogens is 294 g/mol. The van der Waals surface area contributed by atoms with E-state index in [0.717, 1.165) is 5.56 Å². The Bertz CT molecular complexity index is 681. The van der Waals surface area contributed by atoms with Gasteiger partial charge in [0.2, 0.25) is 10.0 Å². The summed E-state index contributed by atoms with van der Waals surface area (Å²) >= 11 is 1.37. The second kappa shape index (κ2) is 6.01. The van der Waals surface area contributed by atoms with Gasteiger partial charge in [0, 0.05) is 17.6 Å². The van der Waals surface area contributed by atoms with E-state index in [1.54, 1.807) is 32.2 Å². The highest BCUT2D eigenvalue weighted by Gasteiger charge is 2.24. The molecule has 0 aromatic carbocycles. The fourth-order valence-electron chi connectivity index (χ4n) is 1.97. The molecule has 2 heterocycles. The Kier molecular flexibility index (Phi) is 4.54. The van der Waals surface area contributed by atoms with Gasteiger partial charge in [-0.25, -0.2) is 13.1 Å². The van der Waals surface area contributed by atoms with Crippen molar-refractivity contribution in [1.29, 1.82) is 0 Å². The minimum Gasteiger partial charge on any atom is -0.326 e. The Morgan fingerprint density at radius 3 is 2.80 bits per heavy atom. The van der Waals surface area contributed by atoms with Crippen LogP contribution < -0.4 is 10.5 Å². The summed E-state index contributed by atoms with van der Waals surface area (Å²) < 4.78 is 27.6. The molecule has 1 atom stereocenters. The van der Waals surface area contributed by atoms with E-state index >= 15 is 0 Å². The zero-order valence-electron chi connectivity index (χ0n) is 11.3. The lowest BCUT2D eigenvalue weighted by Crippen LogP contribution is -2.28. The number of nitrogens with zero attached hydrogens (tertiary/aromatic N) is 1. The van der Waals surface area contributed by atoms with Gasteiger partial charge in [-0.1, -0.05) is 6.07 Å². The fourth-order valence-corrected chi connectivity index (χ4v) is 4.89. The predicted molar refractivity (Wildman–Crippen MR) is 79.9 cm³/mol. The first-order valence-corrected chi connectivity index (χ1v) is 8.52. The van der Waals surface area contributed by atoms with Crippen LogP contribution in [0.1, 0.15) is 29.1 Å². The quantitative estimate of drug-likeness (QED) is 0.884. The van der Waals surface area contributed by atoms with Crippen LogP contribution in [-0.2, 0) is 16.6 Å².